The van der Waals surface area contributed by atoms with Gasteiger partial charge in [-0.15, -0.1) is 0 Å². The second-order valence-electron chi connectivity index (χ2n) is 4.63. The molecule has 0 atom stereocenters. The van der Waals surface area contributed by atoms with Crippen molar-refractivity contribution in [3.8, 4) is 5.75 Å². The summed E-state index contributed by atoms with van der Waals surface area (Å²) in [4.78, 5) is 11.7. The molecule has 0 bridgehead atoms. The highest BCUT2D eigenvalue weighted by Crippen LogP contribution is 2.19. The van der Waals surface area contributed by atoms with Crippen LogP contribution in [0.15, 0.2) is 53.6 Å². The molecule has 2 aromatic rings. The van der Waals surface area contributed by atoms with Gasteiger partial charge in [0, 0.05) is 0 Å². The molecule has 120 valence electrons. The molecule has 2 aromatic carbocycles. The Kier molecular flexibility index (Phi) is 6.44. The summed E-state index contributed by atoms with van der Waals surface area (Å²) in [5.74, 6) is 0.546. The third kappa shape index (κ3) is 5.64. The van der Waals surface area contributed by atoms with Gasteiger partial charge in [0.2, 0.25) is 0 Å². The van der Waals surface area contributed by atoms with Crippen molar-refractivity contribution >= 4 is 29.4 Å². The minimum absolute atomic E-state index is 0.0876. The molecule has 2 rings (SSSR count). The normalized spacial score (nSPS) is 10.5. The van der Waals surface area contributed by atoms with E-state index in [1.807, 2.05) is 43.3 Å². The average molecular weight is 332 g/mol. The Morgan fingerprint density at radius 3 is 2.65 bits per heavy atom. The summed E-state index contributed by atoms with van der Waals surface area (Å²) in [7, 11) is 0. The van der Waals surface area contributed by atoms with Crippen molar-refractivity contribution < 1.29 is 9.53 Å². The Bertz CT molecular complexity index is 672. The number of halogens is 1. The predicted octanol–water partition coefficient (Wildman–Crippen LogP) is 3.30. The number of para-hydroxylation sites is 1. The molecular weight excluding hydrogens is 314 g/mol. The van der Waals surface area contributed by atoms with E-state index in [-0.39, 0.29) is 12.5 Å². The van der Waals surface area contributed by atoms with Crippen molar-refractivity contribution in [1.82, 2.24) is 5.43 Å². The molecule has 2 N–H and O–H groups in total. The first kappa shape index (κ1) is 16.8. The van der Waals surface area contributed by atoms with Crippen LogP contribution in [0.4, 0.5) is 5.69 Å². The van der Waals surface area contributed by atoms with Crippen molar-refractivity contribution in [3.63, 3.8) is 0 Å². The van der Waals surface area contributed by atoms with Gasteiger partial charge in [-0.2, -0.15) is 5.10 Å². The SMILES string of the molecule is CCOc1ccc(/C=N/NC(=O)CNc2ccccc2Cl)cc1. The minimum Gasteiger partial charge on any atom is -0.494 e. The molecule has 0 aliphatic rings. The first-order valence-corrected chi connectivity index (χ1v) is 7.60. The lowest BCUT2D eigenvalue weighted by atomic mass is 10.2. The van der Waals surface area contributed by atoms with Crippen LogP contribution in [0.2, 0.25) is 5.02 Å². The maximum atomic E-state index is 11.7. The zero-order chi connectivity index (χ0) is 16.5. The lowest BCUT2D eigenvalue weighted by Gasteiger charge is -2.06. The second-order valence-corrected chi connectivity index (χ2v) is 5.04. The number of hydrazone groups is 1. The van der Waals surface area contributed by atoms with Gasteiger partial charge in [0.1, 0.15) is 5.75 Å². The molecule has 5 nitrogen and oxygen atoms in total. The molecule has 1 amide bonds. The molecule has 0 aromatic heterocycles. The van der Waals surface area contributed by atoms with Gasteiger partial charge in [0.15, 0.2) is 0 Å². The highest BCUT2D eigenvalue weighted by Gasteiger charge is 2.02. The fraction of sp³-hybridized carbons (Fsp3) is 0.176. The van der Waals surface area contributed by atoms with Crippen LogP contribution < -0.4 is 15.5 Å². The summed E-state index contributed by atoms with van der Waals surface area (Å²) in [6.07, 6.45) is 1.57. The molecule has 0 aliphatic carbocycles. The van der Waals surface area contributed by atoms with E-state index in [0.29, 0.717) is 17.3 Å². The van der Waals surface area contributed by atoms with E-state index in [4.69, 9.17) is 16.3 Å². The molecule has 0 saturated heterocycles. The van der Waals surface area contributed by atoms with Crippen LogP contribution in [0.1, 0.15) is 12.5 Å². The predicted molar refractivity (Wildman–Crippen MR) is 93.3 cm³/mol. The molecule has 0 fully saturated rings. The first-order valence-electron chi connectivity index (χ1n) is 7.22. The molecule has 0 saturated carbocycles. The van der Waals surface area contributed by atoms with Gasteiger partial charge >= 0.3 is 0 Å². The highest BCUT2D eigenvalue weighted by molar-refractivity contribution is 6.33. The standard InChI is InChI=1S/C17H18ClN3O2/c1-2-23-14-9-7-13(8-10-14)11-20-21-17(22)12-19-16-6-4-3-5-15(16)18/h3-11,19H,2,12H2,1H3,(H,21,22)/b20-11+. The molecular formula is C17H18ClN3O2. The lowest BCUT2D eigenvalue weighted by Crippen LogP contribution is -2.25. The Labute approximate surface area is 140 Å². The van der Waals surface area contributed by atoms with Crippen LogP contribution >= 0.6 is 11.6 Å². The van der Waals surface area contributed by atoms with Gasteiger partial charge in [-0.25, -0.2) is 5.43 Å². The van der Waals surface area contributed by atoms with E-state index in [0.717, 1.165) is 11.3 Å². The van der Waals surface area contributed by atoms with Gasteiger partial charge in [-0.1, -0.05) is 23.7 Å². The minimum atomic E-state index is -0.257. The van der Waals surface area contributed by atoms with Crippen molar-refractivity contribution in [2.24, 2.45) is 5.10 Å². The number of amides is 1. The summed E-state index contributed by atoms with van der Waals surface area (Å²) in [6.45, 7) is 2.65. The molecule has 23 heavy (non-hydrogen) atoms. The Morgan fingerprint density at radius 2 is 1.96 bits per heavy atom. The summed E-state index contributed by atoms with van der Waals surface area (Å²) in [5, 5.41) is 7.43. The van der Waals surface area contributed by atoms with Crippen LogP contribution in [0, 0.1) is 0 Å². The molecule has 6 heteroatoms. The summed E-state index contributed by atoms with van der Waals surface area (Å²) >= 11 is 5.99. The number of hydrogen-bond acceptors (Lipinski definition) is 4. The van der Waals surface area contributed by atoms with Gasteiger partial charge in [0.05, 0.1) is 30.1 Å². The first-order chi connectivity index (χ1) is 11.2. The zero-order valence-corrected chi connectivity index (χ0v) is 13.5. The topological polar surface area (TPSA) is 62.7 Å². The molecule has 0 radical (unpaired) electrons. The number of rotatable bonds is 7. The van der Waals surface area contributed by atoms with Crippen LogP contribution in [0.5, 0.6) is 5.75 Å². The smallest absolute Gasteiger partial charge is 0.259 e. The van der Waals surface area contributed by atoms with E-state index in [1.54, 1.807) is 18.3 Å². The quantitative estimate of drug-likeness (QED) is 0.604. The third-order valence-electron chi connectivity index (χ3n) is 2.91. The maximum absolute atomic E-state index is 11.7. The van der Waals surface area contributed by atoms with Crippen LogP contribution in [-0.4, -0.2) is 25.3 Å². The number of nitrogens with zero attached hydrogens (tertiary/aromatic N) is 1. The number of nitrogens with one attached hydrogen (secondary N) is 2. The zero-order valence-electron chi connectivity index (χ0n) is 12.8. The molecule has 0 heterocycles. The number of carbonyl (C=O) groups is 1. The average Bonchev–Trinajstić information content (AvgIpc) is 2.56. The highest BCUT2D eigenvalue weighted by atomic mass is 35.5. The summed E-state index contributed by atoms with van der Waals surface area (Å²) in [6, 6.07) is 14.7. The summed E-state index contributed by atoms with van der Waals surface area (Å²) in [5.41, 5.74) is 4.03. The van der Waals surface area contributed by atoms with Crippen LogP contribution in [0.25, 0.3) is 0 Å². The largest absolute Gasteiger partial charge is 0.494 e. The van der Waals surface area contributed by atoms with Gasteiger partial charge in [-0.05, 0) is 48.9 Å². The fourth-order valence-corrected chi connectivity index (χ4v) is 2.02. The number of hydrogen-bond donors (Lipinski definition) is 2. The van der Waals surface area contributed by atoms with Gasteiger partial charge in [0.25, 0.3) is 5.91 Å². The Morgan fingerprint density at radius 1 is 1.22 bits per heavy atom. The van der Waals surface area contributed by atoms with E-state index in [1.165, 1.54) is 0 Å². The maximum Gasteiger partial charge on any atom is 0.259 e. The van der Waals surface area contributed by atoms with Crippen molar-refractivity contribution in [2.45, 2.75) is 6.92 Å². The second kappa shape index (κ2) is 8.80. The summed E-state index contributed by atoms with van der Waals surface area (Å²) < 4.78 is 5.35. The number of ether oxygens (including phenoxy) is 1. The molecule has 0 aliphatic heterocycles. The monoisotopic (exact) mass is 331 g/mol. The van der Waals surface area contributed by atoms with Crippen LogP contribution in [0.3, 0.4) is 0 Å². The number of anilines is 1. The molecule has 0 unspecified atom stereocenters. The van der Waals surface area contributed by atoms with Crippen molar-refractivity contribution in [2.75, 3.05) is 18.5 Å². The van der Waals surface area contributed by atoms with E-state index in [2.05, 4.69) is 15.8 Å². The van der Waals surface area contributed by atoms with Crippen molar-refractivity contribution in [3.05, 3.63) is 59.1 Å². The lowest BCUT2D eigenvalue weighted by molar-refractivity contribution is -0.119. The van der Waals surface area contributed by atoms with Crippen molar-refractivity contribution in [1.29, 1.82) is 0 Å². The van der Waals surface area contributed by atoms with Gasteiger partial charge in [-0.3, -0.25) is 4.79 Å². The Balaban J connectivity index is 1.78. The fourth-order valence-electron chi connectivity index (χ4n) is 1.82. The number of benzene rings is 2. The molecule has 0 spiro atoms. The Hall–Kier alpha value is -2.53. The van der Waals surface area contributed by atoms with Crippen LogP contribution in [-0.2, 0) is 4.79 Å². The van der Waals surface area contributed by atoms with E-state index in [9.17, 15) is 4.79 Å². The third-order valence-corrected chi connectivity index (χ3v) is 3.24. The number of carbonyl (C=O) groups excluding carboxylic acids is 1. The van der Waals surface area contributed by atoms with Gasteiger partial charge < -0.3 is 10.1 Å². The van der Waals surface area contributed by atoms with E-state index < -0.39 is 0 Å². The van der Waals surface area contributed by atoms with E-state index >= 15 is 0 Å².